The van der Waals surface area contributed by atoms with E-state index in [1.54, 1.807) is 0 Å². The Balaban J connectivity index is 2.90. The van der Waals surface area contributed by atoms with Gasteiger partial charge in [-0.2, -0.15) is 0 Å². The van der Waals surface area contributed by atoms with Crippen molar-refractivity contribution in [3.63, 3.8) is 0 Å². The van der Waals surface area contributed by atoms with Gasteiger partial charge in [0.15, 0.2) is 11.5 Å². The minimum Gasteiger partial charge on any atom is -0.487 e. The fourth-order valence-corrected chi connectivity index (χ4v) is 1.18. The van der Waals surface area contributed by atoms with Crippen molar-refractivity contribution in [1.82, 2.24) is 0 Å². The van der Waals surface area contributed by atoms with Crippen molar-refractivity contribution in [3.05, 3.63) is 23.8 Å². The molecule has 0 aliphatic rings. The molecule has 0 atom stereocenters. The molecule has 0 heterocycles. The highest BCUT2D eigenvalue weighted by molar-refractivity contribution is 5.88. The van der Waals surface area contributed by atoms with Gasteiger partial charge in [0.25, 0.3) is 0 Å². The van der Waals surface area contributed by atoms with Gasteiger partial charge >= 0.3 is 5.97 Å². The van der Waals surface area contributed by atoms with Crippen molar-refractivity contribution < 1.29 is 29.6 Å². The number of aliphatic hydroxyl groups excluding tert-OH is 2. The van der Waals surface area contributed by atoms with Gasteiger partial charge in [0.1, 0.15) is 13.2 Å². The van der Waals surface area contributed by atoms with Gasteiger partial charge in [0.05, 0.1) is 18.8 Å². The van der Waals surface area contributed by atoms with Crippen LogP contribution in [0.25, 0.3) is 0 Å². The summed E-state index contributed by atoms with van der Waals surface area (Å²) in [7, 11) is 0. The van der Waals surface area contributed by atoms with Crippen molar-refractivity contribution >= 4 is 5.97 Å². The van der Waals surface area contributed by atoms with Crippen molar-refractivity contribution in [2.75, 3.05) is 26.4 Å². The summed E-state index contributed by atoms with van der Waals surface area (Å²) in [4.78, 5) is 10.8. The van der Waals surface area contributed by atoms with Crippen molar-refractivity contribution in [2.24, 2.45) is 0 Å². The molecule has 0 saturated heterocycles. The number of benzene rings is 1. The zero-order valence-electron chi connectivity index (χ0n) is 9.13. The lowest BCUT2D eigenvalue weighted by Crippen LogP contribution is -2.07. The average Bonchev–Trinajstić information content (AvgIpc) is 2.34. The number of aromatic carboxylic acids is 1. The summed E-state index contributed by atoms with van der Waals surface area (Å²) in [6.45, 7) is -0.211. The molecule has 0 radical (unpaired) electrons. The highest BCUT2D eigenvalue weighted by Gasteiger charge is 2.10. The van der Waals surface area contributed by atoms with Gasteiger partial charge in [-0.3, -0.25) is 0 Å². The molecule has 0 fully saturated rings. The highest BCUT2D eigenvalue weighted by Crippen LogP contribution is 2.28. The largest absolute Gasteiger partial charge is 0.487 e. The van der Waals surface area contributed by atoms with Crippen LogP contribution in [0, 0.1) is 0 Å². The van der Waals surface area contributed by atoms with Gasteiger partial charge < -0.3 is 24.8 Å². The van der Waals surface area contributed by atoms with Crippen molar-refractivity contribution in [2.45, 2.75) is 0 Å². The van der Waals surface area contributed by atoms with Crippen LogP contribution in [-0.2, 0) is 0 Å². The van der Waals surface area contributed by atoms with Crippen LogP contribution in [0.3, 0.4) is 0 Å². The van der Waals surface area contributed by atoms with Crippen molar-refractivity contribution in [3.8, 4) is 11.5 Å². The maximum Gasteiger partial charge on any atom is 0.335 e. The maximum atomic E-state index is 10.8. The molecule has 17 heavy (non-hydrogen) atoms. The van der Waals surface area contributed by atoms with Gasteiger partial charge in [0, 0.05) is 0 Å². The fraction of sp³-hybridized carbons (Fsp3) is 0.364. The summed E-state index contributed by atoms with van der Waals surface area (Å²) in [6, 6.07) is 4.14. The maximum absolute atomic E-state index is 10.8. The van der Waals surface area contributed by atoms with Crippen LogP contribution >= 0.6 is 0 Å². The summed E-state index contributed by atoms with van der Waals surface area (Å²) < 4.78 is 10.3. The van der Waals surface area contributed by atoms with Crippen LogP contribution in [0.5, 0.6) is 11.5 Å². The highest BCUT2D eigenvalue weighted by atomic mass is 16.5. The van der Waals surface area contributed by atoms with E-state index in [9.17, 15) is 4.79 Å². The lowest BCUT2D eigenvalue weighted by molar-refractivity contribution is 0.0696. The van der Waals surface area contributed by atoms with Crippen molar-refractivity contribution in [1.29, 1.82) is 0 Å². The summed E-state index contributed by atoms with van der Waals surface area (Å²) in [5.74, 6) is -0.516. The van der Waals surface area contributed by atoms with E-state index in [2.05, 4.69) is 0 Å². The van der Waals surface area contributed by atoms with Crippen LogP contribution < -0.4 is 9.47 Å². The van der Waals surface area contributed by atoms with E-state index in [1.165, 1.54) is 18.2 Å². The second-order valence-electron chi connectivity index (χ2n) is 3.11. The molecule has 0 unspecified atom stereocenters. The SMILES string of the molecule is O=C(O)c1ccc(OCCO)c(OCCO)c1. The Morgan fingerprint density at radius 1 is 1.06 bits per heavy atom. The standard InChI is InChI=1S/C11H14O6/c12-3-5-16-9-2-1-8(11(14)15)7-10(9)17-6-4-13/h1-2,7,12-13H,3-6H2,(H,14,15). The smallest absolute Gasteiger partial charge is 0.335 e. The quantitative estimate of drug-likeness (QED) is 0.628. The number of aliphatic hydroxyl groups is 2. The third-order valence-corrected chi connectivity index (χ3v) is 1.89. The first-order valence-electron chi connectivity index (χ1n) is 5.03. The van der Waals surface area contributed by atoms with Crippen LogP contribution in [0.4, 0.5) is 0 Å². The number of carbonyl (C=O) groups is 1. The van der Waals surface area contributed by atoms with Crippen LogP contribution in [-0.4, -0.2) is 47.7 Å². The zero-order chi connectivity index (χ0) is 12.7. The minimum absolute atomic E-state index is 0.0402. The van der Waals surface area contributed by atoms with Gasteiger partial charge in [-0.25, -0.2) is 4.79 Å². The Hall–Kier alpha value is -1.79. The topological polar surface area (TPSA) is 96.2 Å². The van der Waals surface area contributed by atoms with Crippen LogP contribution in [0.2, 0.25) is 0 Å². The van der Waals surface area contributed by atoms with Gasteiger partial charge in [-0.05, 0) is 18.2 Å². The molecule has 6 nitrogen and oxygen atoms in total. The minimum atomic E-state index is -1.08. The Labute approximate surface area is 98.0 Å². The Morgan fingerprint density at radius 3 is 2.18 bits per heavy atom. The number of ether oxygens (including phenoxy) is 2. The number of hydrogen-bond donors (Lipinski definition) is 3. The number of hydrogen-bond acceptors (Lipinski definition) is 5. The summed E-state index contributed by atoms with van der Waals surface area (Å²) in [6.07, 6.45) is 0. The third kappa shape index (κ3) is 3.93. The predicted molar refractivity (Wildman–Crippen MR) is 58.6 cm³/mol. The van der Waals surface area contributed by atoms with E-state index in [0.717, 1.165) is 0 Å². The molecule has 3 N–H and O–H groups in total. The second-order valence-corrected chi connectivity index (χ2v) is 3.11. The van der Waals surface area contributed by atoms with Crippen LogP contribution in [0.1, 0.15) is 10.4 Å². The van der Waals surface area contributed by atoms with E-state index in [1.807, 2.05) is 0 Å². The predicted octanol–water partition coefficient (Wildman–Crippen LogP) is 0.127. The molecule has 0 aromatic heterocycles. The van der Waals surface area contributed by atoms with E-state index in [4.69, 9.17) is 24.8 Å². The molecule has 0 saturated carbocycles. The number of rotatable bonds is 7. The average molecular weight is 242 g/mol. The summed E-state index contributed by atoms with van der Waals surface area (Å²) in [5, 5.41) is 26.1. The van der Waals surface area contributed by atoms with Gasteiger partial charge in [-0.15, -0.1) is 0 Å². The first-order chi connectivity index (χ1) is 8.19. The molecule has 94 valence electrons. The lowest BCUT2D eigenvalue weighted by atomic mass is 10.2. The molecule has 1 aromatic carbocycles. The van der Waals surface area contributed by atoms with E-state index >= 15 is 0 Å². The molecule has 0 bridgehead atoms. The Bertz CT molecular complexity index is 376. The molecule has 6 heteroatoms. The lowest BCUT2D eigenvalue weighted by Gasteiger charge is -2.12. The van der Waals surface area contributed by atoms with E-state index < -0.39 is 5.97 Å². The molecule has 0 aliphatic heterocycles. The zero-order valence-corrected chi connectivity index (χ0v) is 9.13. The Morgan fingerprint density at radius 2 is 1.65 bits per heavy atom. The van der Waals surface area contributed by atoms with Crippen LogP contribution in [0.15, 0.2) is 18.2 Å². The molecule has 0 aliphatic carbocycles. The van der Waals surface area contributed by atoms with E-state index in [-0.39, 0.29) is 37.7 Å². The monoisotopic (exact) mass is 242 g/mol. The Kier molecular flexibility index (Phi) is 5.25. The van der Waals surface area contributed by atoms with Gasteiger partial charge in [0.2, 0.25) is 0 Å². The molecule has 0 amide bonds. The molecular formula is C11H14O6. The summed E-state index contributed by atoms with van der Waals surface area (Å²) >= 11 is 0. The fourth-order valence-electron chi connectivity index (χ4n) is 1.18. The third-order valence-electron chi connectivity index (χ3n) is 1.89. The normalized spacial score (nSPS) is 10.0. The second kappa shape index (κ2) is 6.72. The number of carboxylic acids is 1. The first-order valence-corrected chi connectivity index (χ1v) is 5.03. The summed E-state index contributed by atoms with van der Waals surface area (Å²) in [5.41, 5.74) is 0.0642. The molecular weight excluding hydrogens is 228 g/mol. The molecule has 0 spiro atoms. The number of carboxylic acid groups (broad SMARTS) is 1. The first kappa shape index (κ1) is 13.3. The molecule has 1 rings (SSSR count). The molecule has 1 aromatic rings. The van der Waals surface area contributed by atoms with E-state index in [0.29, 0.717) is 5.75 Å². The van der Waals surface area contributed by atoms with Gasteiger partial charge in [-0.1, -0.05) is 0 Å².